The number of primary amides is 1. The van der Waals surface area contributed by atoms with Gasteiger partial charge in [-0.1, -0.05) is 88.4 Å². The molecule has 6 rings (SSSR count). The van der Waals surface area contributed by atoms with E-state index in [1.807, 2.05) is 0 Å². The number of fused-ring (bicyclic) bond motifs is 1. The van der Waals surface area contributed by atoms with Gasteiger partial charge < -0.3 is 154 Å². The predicted octanol–water partition coefficient (Wildman–Crippen LogP) is -7.60. The summed E-state index contributed by atoms with van der Waals surface area (Å²) in [5.41, 5.74) is 24.4. The van der Waals surface area contributed by atoms with Crippen molar-refractivity contribution in [2.45, 2.75) is 247 Å². The van der Waals surface area contributed by atoms with Crippen LogP contribution in [0, 0.1) is 11.8 Å². The number of aliphatic carboxylic acids is 2. The van der Waals surface area contributed by atoms with Gasteiger partial charge in [-0.2, -0.15) is 0 Å². The fourth-order valence-corrected chi connectivity index (χ4v) is 15.2. The maximum Gasteiger partial charge on any atom is 0.322 e. The summed E-state index contributed by atoms with van der Waals surface area (Å²) in [6, 6.07) is -2.79. The van der Waals surface area contributed by atoms with Gasteiger partial charge in [-0.25, -0.2) is 4.98 Å². The predicted molar refractivity (Wildman–Crippen MR) is 508 cm³/mol. The number of aliphatic hydroxyl groups is 3. The Bertz CT molecular complexity index is 5120. The Labute approximate surface area is 817 Å². The van der Waals surface area contributed by atoms with Gasteiger partial charge in [0.2, 0.25) is 106 Å². The lowest BCUT2D eigenvalue weighted by molar-refractivity contribution is -0.143. The minimum absolute atomic E-state index is 0.00346. The molecular weight excluding hydrogens is 1860 g/mol. The van der Waals surface area contributed by atoms with Crippen LogP contribution in [0.5, 0.6) is 5.75 Å². The molecule has 0 radical (unpaired) electrons. The number of aliphatic hydroxyl groups excluding tert-OH is 3. The van der Waals surface area contributed by atoms with Crippen molar-refractivity contribution in [2.24, 2.45) is 34.8 Å². The molecule has 5 aromatic rings. The largest absolute Gasteiger partial charge is 0.508 e. The van der Waals surface area contributed by atoms with Crippen LogP contribution in [0.4, 0.5) is 0 Å². The summed E-state index contributed by atoms with van der Waals surface area (Å²) in [5.74, 6) is -22.2. The Kier molecular flexibility index (Phi) is 48.3. The van der Waals surface area contributed by atoms with Crippen LogP contribution in [0.3, 0.4) is 0 Å². The molecule has 50 nitrogen and oxygen atoms in total. The highest BCUT2D eigenvalue weighted by Gasteiger charge is 2.43. The molecule has 1 aliphatic heterocycles. The first-order chi connectivity index (χ1) is 67.4. The Hall–Kier alpha value is -14.6. The number of rotatable bonds is 62. The molecule has 0 unspecified atom stereocenters. The lowest BCUT2D eigenvalue weighted by Gasteiger charge is -2.31. The first kappa shape index (κ1) is 116. The topological polar surface area (TPSA) is 807 Å². The second-order valence-electron chi connectivity index (χ2n) is 35.1. The van der Waals surface area contributed by atoms with E-state index in [4.69, 9.17) is 28.0 Å². The van der Waals surface area contributed by atoms with Crippen molar-refractivity contribution in [2.75, 3.05) is 52.4 Å². The number of benzene rings is 3. The number of carbonyl (C=O) groups is 20. The zero-order chi connectivity index (χ0) is 105. The molecule has 3 heterocycles. The number of phenolic OH excluding ortho intramolecular Hbond substituents is 1. The van der Waals surface area contributed by atoms with Crippen LogP contribution in [0.25, 0.3) is 10.9 Å². The molecule has 0 aliphatic carbocycles. The van der Waals surface area contributed by atoms with Crippen LogP contribution in [0.2, 0.25) is 0 Å². The van der Waals surface area contributed by atoms with E-state index in [0.29, 0.717) is 34.9 Å². The third-order valence-corrected chi connectivity index (χ3v) is 22.9. The van der Waals surface area contributed by atoms with Crippen molar-refractivity contribution in [1.82, 2.24) is 105 Å². The Balaban J connectivity index is 1.24. The Morgan fingerprint density at radius 1 is 0.444 bits per heavy atom. The number of carboxylic acids is 2. The summed E-state index contributed by atoms with van der Waals surface area (Å²) in [4.78, 5) is 288. The molecule has 50 heteroatoms. The summed E-state index contributed by atoms with van der Waals surface area (Å²) in [5, 5.41) is 102. The van der Waals surface area contributed by atoms with E-state index in [1.165, 1.54) is 41.7 Å². The van der Waals surface area contributed by atoms with Gasteiger partial charge >= 0.3 is 11.9 Å². The monoisotopic (exact) mass is 1990 g/mol. The molecule has 778 valence electrons. The molecule has 32 N–H and O–H groups in total. The van der Waals surface area contributed by atoms with E-state index in [1.54, 1.807) is 88.5 Å². The molecular formula is C92H134N24O26. The number of nitrogens with zero attached hydrogens (tertiary/aromatic N) is 2. The average molecular weight is 1990 g/mol. The van der Waals surface area contributed by atoms with Crippen LogP contribution in [0.1, 0.15) is 147 Å². The van der Waals surface area contributed by atoms with Gasteiger partial charge in [0.1, 0.15) is 96.9 Å². The first-order valence-corrected chi connectivity index (χ1v) is 46.6. The third kappa shape index (κ3) is 38.9. The summed E-state index contributed by atoms with van der Waals surface area (Å²) in [6.45, 7) is 5.30. The number of phenols is 1. The number of para-hydroxylation sites is 1. The van der Waals surface area contributed by atoms with E-state index in [-0.39, 0.29) is 101 Å². The van der Waals surface area contributed by atoms with Gasteiger partial charge in [-0.15, -0.1) is 0 Å². The van der Waals surface area contributed by atoms with Gasteiger partial charge in [0.25, 0.3) is 0 Å². The van der Waals surface area contributed by atoms with Gasteiger partial charge in [0.15, 0.2) is 0 Å². The maximum absolute atomic E-state index is 15.2. The highest BCUT2D eigenvalue weighted by molar-refractivity contribution is 6.02. The highest BCUT2D eigenvalue weighted by atomic mass is 16.4. The van der Waals surface area contributed by atoms with Crippen molar-refractivity contribution < 1.29 is 127 Å². The molecule has 18 amide bonds. The van der Waals surface area contributed by atoms with Gasteiger partial charge in [-0.05, 0) is 144 Å². The Morgan fingerprint density at radius 3 is 1.46 bits per heavy atom. The van der Waals surface area contributed by atoms with E-state index >= 15 is 24.0 Å². The quantitative estimate of drug-likeness (QED) is 0.0161. The average Bonchev–Trinajstić information content (AvgIpc) is 1.66. The number of carboxylic acid groups (broad SMARTS) is 2. The standard InChI is InChI=1S/C92H134N24O26/c1-48(2)35-63(107-82(132)64(36-52-17-8-7-9-18-52)108-84(134)67(39-55-42-97-47-102-55)109-81(131)61(29-31-74(125)126)103-87(137)68(46-117)112-83(133)65(37-53-24-26-56(120)27-25-53)110-90(140)77(50(5)118)113-73(124)44-99-71(122)40-95)85(135)115-78(51(6)119)91(141)111-66(38-54-41-98-58-20-11-10-19-57(54)58)86(136)114-76(49(3)4)89(139)105-59(21-12-14-32-93)80(130)106-62(22-13-15-33-94)92(142)116-34-16-23-69(116)88(138)104-60(28-30-70(96)121)79(129)101-43-72(123)100-45-75(127)128/h7-11,17-20,24-27,41-42,47-51,59-69,76-78,98,117-120H,12-16,21-23,28-40,43-46,93-95H2,1-6H3,(H2,96,121)(H,97,102)(H,99,122)(H,100,123)(H,101,129)(H,103,137)(H,104,138)(H,105,139)(H,106,130)(H,107,132)(H,108,134)(H,109,131)(H,110,140)(H,111,141)(H,112,133)(H,113,124)(H,114,136)(H,115,135)(H,125,126)(H,127,128)/t50-,51-,59+,60+,61+,62+,63+,64+,65+,66+,67+,68+,69+,76+,77+,78+/m1/s1. The minimum atomic E-state index is -2.01. The minimum Gasteiger partial charge on any atom is -0.508 e. The molecule has 2 aromatic heterocycles. The molecule has 142 heavy (non-hydrogen) atoms. The number of aromatic nitrogens is 3. The molecule has 0 saturated carbocycles. The molecule has 3 aromatic carbocycles. The van der Waals surface area contributed by atoms with Crippen LogP contribution in [-0.4, -0.2) is 318 Å². The van der Waals surface area contributed by atoms with Crippen molar-refractivity contribution in [1.29, 1.82) is 0 Å². The fourth-order valence-electron chi connectivity index (χ4n) is 15.2. The SMILES string of the molecule is CC(C)C[C@H](NC(=O)[C@H](Cc1ccccc1)NC(=O)[C@H](Cc1cnc[nH]1)NC(=O)[C@H](CCC(=O)O)NC(=O)[C@H](CO)NC(=O)[C@H](Cc1ccc(O)cc1)NC(=O)[C@@H](NC(=O)CNC(=O)CN)[C@@H](C)O)C(=O)N[C@H](C(=O)N[C@@H](Cc1c[nH]c2ccccc12)C(=O)N[C@H](C(=O)N[C@@H](CCCCN)C(=O)N[C@@H](CCCCN)C(=O)N1CCC[C@H]1C(=O)N[C@@H](CCC(N)=O)C(=O)NCC(=O)NCC(=O)O)C(C)C)[C@@H](C)O. The number of nitrogens with one attached hydrogen (secondary N) is 18. The van der Waals surface area contributed by atoms with Gasteiger partial charge in [0, 0.05) is 74.1 Å². The lowest BCUT2D eigenvalue weighted by atomic mass is 9.99. The molecule has 16 atom stereocenters. The smallest absolute Gasteiger partial charge is 0.322 e. The molecule has 1 fully saturated rings. The molecule has 0 bridgehead atoms. The van der Waals surface area contributed by atoms with Crippen LogP contribution >= 0.6 is 0 Å². The summed E-state index contributed by atoms with van der Waals surface area (Å²) >= 11 is 0. The second-order valence-corrected chi connectivity index (χ2v) is 35.1. The lowest BCUT2D eigenvalue weighted by Crippen LogP contribution is -2.63. The number of imidazole rings is 1. The second kappa shape index (κ2) is 59.1. The zero-order valence-corrected chi connectivity index (χ0v) is 79.9. The first-order valence-electron chi connectivity index (χ1n) is 46.6. The number of aromatic amines is 2. The number of hydrogen-bond donors (Lipinski definition) is 28. The number of nitrogens with two attached hydrogens (primary N) is 4. The number of amides is 18. The molecule has 1 saturated heterocycles. The number of hydrogen-bond acceptors (Lipinski definition) is 28. The highest BCUT2D eigenvalue weighted by Crippen LogP contribution is 2.24. The van der Waals surface area contributed by atoms with E-state index in [2.05, 4.69) is 100 Å². The normalized spacial score (nSPS) is 15.5. The van der Waals surface area contributed by atoms with E-state index in [9.17, 15) is 97.5 Å². The van der Waals surface area contributed by atoms with Gasteiger partial charge in [0.05, 0.1) is 44.8 Å². The van der Waals surface area contributed by atoms with Crippen molar-refractivity contribution in [3.63, 3.8) is 0 Å². The van der Waals surface area contributed by atoms with Crippen LogP contribution in [-0.2, 0) is 122 Å². The third-order valence-electron chi connectivity index (χ3n) is 22.9. The summed E-state index contributed by atoms with van der Waals surface area (Å²) in [6.07, 6.45) is -1.79. The van der Waals surface area contributed by atoms with Crippen molar-refractivity contribution in [3.8, 4) is 5.75 Å². The summed E-state index contributed by atoms with van der Waals surface area (Å²) < 4.78 is 0. The van der Waals surface area contributed by atoms with Crippen LogP contribution in [0.15, 0.2) is 97.6 Å². The van der Waals surface area contributed by atoms with Crippen molar-refractivity contribution in [3.05, 3.63) is 120 Å². The van der Waals surface area contributed by atoms with E-state index < -0.39 is 292 Å². The molecule has 0 spiro atoms. The number of carbonyl (C=O) groups excluding carboxylic acids is 18. The number of H-pyrrole nitrogens is 2. The van der Waals surface area contributed by atoms with Crippen molar-refractivity contribution >= 4 is 129 Å². The number of aromatic hydroxyl groups is 1. The van der Waals surface area contributed by atoms with Crippen LogP contribution < -0.4 is 108 Å². The number of unbranched alkanes of at least 4 members (excludes halogenated alkanes) is 2. The fraction of sp³-hybridized carbons (Fsp3) is 0.533. The van der Waals surface area contributed by atoms with E-state index in [0.717, 1.165) is 13.8 Å². The maximum atomic E-state index is 15.2. The zero-order valence-electron chi connectivity index (χ0n) is 79.9. The Morgan fingerprint density at radius 2 is 0.908 bits per heavy atom. The molecule has 1 aliphatic rings. The summed E-state index contributed by atoms with van der Waals surface area (Å²) in [7, 11) is 0. The van der Waals surface area contributed by atoms with Gasteiger partial charge in [-0.3, -0.25) is 95.9 Å². The number of likely N-dealkylation sites (tertiary alicyclic amines) is 1.